The average Bonchev–Trinajstić information content (AvgIpc) is 3.18. The van der Waals surface area contributed by atoms with Gasteiger partial charge in [-0.2, -0.15) is 0 Å². The van der Waals surface area contributed by atoms with Crippen molar-refractivity contribution in [3.63, 3.8) is 0 Å². The Morgan fingerprint density at radius 1 is 1.40 bits per heavy atom. The van der Waals surface area contributed by atoms with Crippen LogP contribution in [0.25, 0.3) is 11.0 Å². The molecule has 4 heteroatoms. The minimum atomic E-state index is 0.210. The molecule has 3 rings (SSSR count). The van der Waals surface area contributed by atoms with E-state index < -0.39 is 0 Å². The van der Waals surface area contributed by atoms with Gasteiger partial charge in [0.2, 0.25) is 0 Å². The highest BCUT2D eigenvalue weighted by Gasteiger charge is 2.32. The van der Waals surface area contributed by atoms with Gasteiger partial charge in [-0.05, 0) is 43.4 Å². The van der Waals surface area contributed by atoms with Crippen LogP contribution < -0.4 is 5.73 Å². The van der Waals surface area contributed by atoms with Crippen LogP contribution in [-0.2, 0) is 0 Å². The zero-order valence-corrected chi connectivity index (χ0v) is 12.2. The van der Waals surface area contributed by atoms with Gasteiger partial charge in [0.1, 0.15) is 5.82 Å². The lowest BCUT2D eigenvalue weighted by molar-refractivity contribution is 0.232. The van der Waals surface area contributed by atoms with Gasteiger partial charge in [0, 0.05) is 24.3 Å². The van der Waals surface area contributed by atoms with Crippen molar-refractivity contribution in [2.45, 2.75) is 45.1 Å². The number of aliphatic hydroxyl groups excluding tert-OH is 1. The van der Waals surface area contributed by atoms with E-state index >= 15 is 0 Å². The van der Waals surface area contributed by atoms with E-state index in [4.69, 9.17) is 10.7 Å². The lowest BCUT2D eigenvalue weighted by atomic mass is 10.0. The number of aromatic nitrogens is 2. The topological polar surface area (TPSA) is 64.1 Å². The Morgan fingerprint density at radius 2 is 2.15 bits per heavy atom. The summed E-state index contributed by atoms with van der Waals surface area (Å²) in [5.41, 5.74) is 8.77. The van der Waals surface area contributed by atoms with Crippen LogP contribution in [0.4, 0.5) is 5.69 Å². The molecule has 0 aliphatic heterocycles. The maximum absolute atomic E-state index is 9.39. The van der Waals surface area contributed by atoms with E-state index in [2.05, 4.69) is 24.5 Å². The van der Waals surface area contributed by atoms with Crippen molar-refractivity contribution in [1.82, 2.24) is 9.55 Å². The molecular weight excluding hydrogens is 250 g/mol. The normalized spacial score (nSPS) is 17.0. The zero-order chi connectivity index (χ0) is 14.3. The molecular formula is C16H23N3O. The second-order valence-electron chi connectivity index (χ2n) is 6.19. The summed E-state index contributed by atoms with van der Waals surface area (Å²) in [6, 6.07) is 6.25. The number of benzene rings is 1. The van der Waals surface area contributed by atoms with E-state index in [0.29, 0.717) is 17.9 Å². The van der Waals surface area contributed by atoms with E-state index in [9.17, 15) is 5.11 Å². The number of anilines is 1. The summed E-state index contributed by atoms with van der Waals surface area (Å²) in [6.07, 6.45) is 3.22. The molecule has 1 fully saturated rings. The number of nitrogen functional groups attached to an aromatic ring is 1. The number of hydrogen-bond acceptors (Lipinski definition) is 3. The van der Waals surface area contributed by atoms with Crippen LogP contribution >= 0.6 is 0 Å². The van der Waals surface area contributed by atoms with Crippen LogP contribution in [0.3, 0.4) is 0 Å². The molecule has 1 aliphatic rings. The Balaban J connectivity index is 2.17. The summed E-state index contributed by atoms with van der Waals surface area (Å²) >= 11 is 0. The third-order valence-corrected chi connectivity index (χ3v) is 4.21. The van der Waals surface area contributed by atoms with Gasteiger partial charge in [-0.1, -0.05) is 13.8 Å². The molecule has 2 aromatic rings. The van der Waals surface area contributed by atoms with E-state index in [1.165, 1.54) is 18.7 Å². The summed E-state index contributed by atoms with van der Waals surface area (Å²) in [5.74, 6) is 2.23. The molecule has 1 aliphatic carbocycles. The molecule has 1 saturated carbocycles. The molecule has 0 spiro atoms. The molecule has 3 N–H and O–H groups in total. The van der Waals surface area contributed by atoms with Crippen LogP contribution in [0.2, 0.25) is 0 Å². The Labute approximate surface area is 119 Å². The van der Waals surface area contributed by atoms with Crippen molar-refractivity contribution in [2.24, 2.45) is 5.92 Å². The highest BCUT2D eigenvalue weighted by atomic mass is 16.3. The predicted molar refractivity (Wildman–Crippen MR) is 81.7 cm³/mol. The summed E-state index contributed by atoms with van der Waals surface area (Å²) in [7, 11) is 0. The molecule has 1 atom stereocenters. The molecule has 0 amide bonds. The van der Waals surface area contributed by atoms with Gasteiger partial charge in [-0.15, -0.1) is 0 Å². The van der Waals surface area contributed by atoms with Crippen LogP contribution in [0.1, 0.15) is 50.9 Å². The smallest absolute Gasteiger partial charge is 0.113 e. The van der Waals surface area contributed by atoms with Crippen molar-refractivity contribution in [3.05, 3.63) is 24.0 Å². The van der Waals surface area contributed by atoms with Crippen LogP contribution in [-0.4, -0.2) is 21.3 Å². The summed E-state index contributed by atoms with van der Waals surface area (Å²) in [5, 5.41) is 9.39. The van der Waals surface area contributed by atoms with Gasteiger partial charge in [0.15, 0.2) is 0 Å². The highest BCUT2D eigenvalue weighted by Crippen LogP contribution is 2.43. The first-order valence-corrected chi connectivity index (χ1v) is 7.50. The number of aliphatic hydroxyl groups is 1. The summed E-state index contributed by atoms with van der Waals surface area (Å²) < 4.78 is 2.35. The van der Waals surface area contributed by atoms with Gasteiger partial charge in [0.05, 0.1) is 11.0 Å². The fourth-order valence-electron chi connectivity index (χ4n) is 3.01. The number of rotatable bonds is 5. The van der Waals surface area contributed by atoms with Crippen molar-refractivity contribution >= 4 is 16.7 Å². The molecule has 1 heterocycles. The van der Waals surface area contributed by atoms with Crippen molar-refractivity contribution in [2.75, 3.05) is 12.3 Å². The summed E-state index contributed by atoms with van der Waals surface area (Å²) in [4.78, 5) is 4.82. The Hall–Kier alpha value is -1.55. The first kappa shape index (κ1) is 13.4. The SMILES string of the molecule is CC(C)C(CCO)n1c(C2CC2)nc2cc(N)ccc21. The molecule has 0 bridgehead atoms. The van der Waals surface area contributed by atoms with Crippen LogP contribution in [0.15, 0.2) is 18.2 Å². The lowest BCUT2D eigenvalue weighted by Crippen LogP contribution is -2.18. The van der Waals surface area contributed by atoms with Gasteiger partial charge in [-0.3, -0.25) is 0 Å². The average molecular weight is 273 g/mol. The third-order valence-electron chi connectivity index (χ3n) is 4.21. The second-order valence-corrected chi connectivity index (χ2v) is 6.19. The molecule has 4 nitrogen and oxygen atoms in total. The number of nitrogens with zero attached hydrogens (tertiary/aromatic N) is 2. The predicted octanol–water partition coefficient (Wildman–Crippen LogP) is 3.08. The highest BCUT2D eigenvalue weighted by molar-refractivity contribution is 5.80. The number of fused-ring (bicyclic) bond motifs is 1. The second kappa shape index (κ2) is 5.09. The molecule has 1 aromatic carbocycles. The quantitative estimate of drug-likeness (QED) is 0.823. The zero-order valence-electron chi connectivity index (χ0n) is 12.2. The fraction of sp³-hybridized carbons (Fsp3) is 0.562. The Morgan fingerprint density at radius 3 is 2.75 bits per heavy atom. The largest absolute Gasteiger partial charge is 0.399 e. The van der Waals surface area contributed by atoms with Gasteiger partial charge in [0.25, 0.3) is 0 Å². The molecule has 1 unspecified atom stereocenters. The van der Waals surface area contributed by atoms with Gasteiger partial charge >= 0.3 is 0 Å². The third kappa shape index (κ3) is 2.29. The van der Waals surface area contributed by atoms with Crippen molar-refractivity contribution in [3.8, 4) is 0 Å². The lowest BCUT2D eigenvalue weighted by Gasteiger charge is -2.25. The Kier molecular flexibility index (Phi) is 3.42. The number of imidazole rings is 1. The number of hydrogen-bond donors (Lipinski definition) is 2. The van der Waals surface area contributed by atoms with Crippen LogP contribution in [0.5, 0.6) is 0 Å². The van der Waals surface area contributed by atoms with Crippen molar-refractivity contribution in [1.29, 1.82) is 0 Å². The minimum Gasteiger partial charge on any atom is -0.399 e. The van der Waals surface area contributed by atoms with E-state index in [1.807, 2.05) is 12.1 Å². The van der Waals surface area contributed by atoms with E-state index in [0.717, 1.165) is 23.1 Å². The maximum atomic E-state index is 9.39. The molecule has 0 saturated heterocycles. The fourth-order valence-corrected chi connectivity index (χ4v) is 3.01. The first-order valence-electron chi connectivity index (χ1n) is 7.50. The van der Waals surface area contributed by atoms with Gasteiger partial charge in [-0.25, -0.2) is 4.98 Å². The standard InChI is InChI=1S/C16H23N3O/c1-10(2)14(7-8-20)19-15-6-5-12(17)9-13(15)18-16(19)11-3-4-11/h5-6,9-11,14,20H,3-4,7-8,17H2,1-2H3. The number of nitrogens with two attached hydrogens (primary N) is 1. The molecule has 1 aromatic heterocycles. The van der Waals surface area contributed by atoms with E-state index in [-0.39, 0.29) is 6.61 Å². The first-order chi connectivity index (χ1) is 9.61. The molecule has 108 valence electrons. The molecule has 0 radical (unpaired) electrons. The van der Waals surface area contributed by atoms with E-state index in [1.54, 1.807) is 0 Å². The van der Waals surface area contributed by atoms with Crippen LogP contribution in [0, 0.1) is 5.92 Å². The summed E-state index contributed by atoms with van der Waals surface area (Å²) in [6.45, 7) is 4.63. The van der Waals surface area contributed by atoms with Crippen molar-refractivity contribution < 1.29 is 5.11 Å². The minimum absolute atomic E-state index is 0.210. The maximum Gasteiger partial charge on any atom is 0.113 e. The monoisotopic (exact) mass is 273 g/mol. The Bertz CT molecular complexity index is 613. The van der Waals surface area contributed by atoms with Gasteiger partial charge < -0.3 is 15.4 Å². The molecule has 20 heavy (non-hydrogen) atoms.